The highest BCUT2D eigenvalue weighted by atomic mass is 32.1. The maximum atomic E-state index is 5.72. The highest BCUT2D eigenvalue weighted by molar-refractivity contribution is 7.09. The lowest BCUT2D eigenvalue weighted by molar-refractivity contribution is 0.122. The van der Waals surface area contributed by atoms with Gasteiger partial charge < -0.3 is 20.1 Å². The number of aromatic nitrogens is 3. The van der Waals surface area contributed by atoms with Crippen LogP contribution < -0.4 is 15.4 Å². The molecule has 2 aromatic heterocycles. The molecular weight excluding hydrogens is 278 g/mol. The molecule has 8 heteroatoms. The Morgan fingerprint density at radius 1 is 1.30 bits per heavy atom. The van der Waals surface area contributed by atoms with E-state index in [-0.39, 0.29) is 12.0 Å². The molecule has 1 saturated heterocycles. The van der Waals surface area contributed by atoms with Gasteiger partial charge in [-0.1, -0.05) is 6.07 Å². The minimum Gasteiger partial charge on any atom is -0.458 e. The zero-order chi connectivity index (χ0) is 13.8. The molecule has 0 saturated carbocycles. The molecule has 0 radical (unpaired) electrons. The Morgan fingerprint density at radius 3 is 2.90 bits per heavy atom. The van der Waals surface area contributed by atoms with Crippen molar-refractivity contribution in [1.82, 2.24) is 15.0 Å². The second kappa shape index (κ2) is 6.02. The standard InChI is InChI=1S/C12H15N5O2S/c13-10-14-11(17-3-5-18-6-4-17)16-12(15-10)19-8-9-2-1-7-20-9/h1-2,7H,3-6,8H2,(H2,13,14,15,16). The highest BCUT2D eigenvalue weighted by Gasteiger charge is 2.16. The lowest BCUT2D eigenvalue weighted by Crippen LogP contribution is -2.37. The molecule has 106 valence electrons. The maximum absolute atomic E-state index is 5.72. The van der Waals surface area contributed by atoms with Gasteiger partial charge in [0.15, 0.2) is 0 Å². The number of nitrogen functional groups attached to an aromatic ring is 1. The van der Waals surface area contributed by atoms with Gasteiger partial charge in [0.1, 0.15) is 6.61 Å². The number of nitrogens with two attached hydrogens (primary N) is 1. The zero-order valence-corrected chi connectivity index (χ0v) is 11.7. The third-order valence-corrected chi connectivity index (χ3v) is 3.69. The van der Waals surface area contributed by atoms with Crippen LogP contribution in [0, 0.1) is 0 Å². The smallest absolute Gasteiger partial charge is 0.323 e. The molecule has 1 aliphatic heterocycles. The minimum absolute atomic E-state index is 0.169. The molecule has 0 bridgehead atoms. The highest BCUT2D eigenvalue weighted by Crippen LogP contribution is 2.17. The zero-order valence-electron chi connectivity index (χ0n) is 10.9. The molecule has 7 nitrogen and oxygen atoms in total. The molecule has 3 heterocycles. The fourth-order valence-corrected chi connectivity index (χ4v) is 2.48. The summed E-state index contributed by atoms with van der Waals surface area (Å²) in [7, 11) is 0. The number of morpholine rings is 1. The van der Waals surface area contributed by atoms with E-state index in [4.69, 9.17) is 15.2 Å². The topological polar surface area (TPSA) is 86.4 Å². The first-order valence-corrected chi connectivity index (χ1v) is 7.18. The fourth-order valence-electron chi connectivity index (χ4n) is 1.86. The van der Waals surface area contributed by atoms with Crippen LogP contribution in [0.4, 0.5) is 11.9 Å². The summed E-state index contributed by atoms with van der Waals surface area (Å²) in [6.45, 7) is 3.25. The van der Waals surface area contributed by atoms with Gasteiger partial charge in [-0.15, -0.1) is 11.3 Å². The quantitative estimate of drug-likeness (QED) is 0.897. The third-order valence-electron chi connectivity index (χ3n) is 2.84. The summed E-state index contributed by atoms with van der Waals surface area (Å²) in [6.07, 6.45) is 0. The molecule has 0 aromatic carbocycles. The van der Waals surface area contributed by atoms with Crippen LogP contribution in [0.1, 0.15) is 4.88 Å². The van der Waals surface area contributed by atoms with Crippen molar-refractivity contribution >= 4 is 23.2 Å². The van der Waals surface area contributed by atoms with E-state index in [9.17, 15) is 0 Å². The van der Waals surface area contributed by atoms with Crippen molar-refractivity contribution in [3.63, 3.8) is 0 Å². The van der Waals surface area contributed by atoms with Gasteiger partial charge in [-0.3, -0.25) is 0 Å². The normalized spacial score (nSPS) is 15.3. The van der Waals surface area contributed by atoms with Gasteiger partial charge in [0.2, 0.25) is 11.9 Å². The van der Waals surface area contributed by atoms with Crippen LogP contribution >= 0.6 is 11.3 Å². The van der Waals surface area contributed by atoms with Crippen LogP contribution in [0.5, 0.6) is 6.01 Å². The molecule has 2 aromatic rings. The Morgan fingerprint density at radius 2 is 2.15 bits per heavy atom. The molecule has 0 atom stereocenters. The Labute approximate surface area is 120 Å². The van der Waals surface area contributed by atoms with E-state index in [0.717, 1.165) is 18.0 Å². The molecule has 2 N–H and O–H groups in total. The molecule has 0 aliphatic carbocycles. The van der Waals surface area contributed by atoms with Crippen LogP contribution in [0.2, 0.25) is 0 Å². The second-order valence-corrected chi connectivity index (χ2v) is 5.28. The van der Waals surface area contributed by atoms with Crippen LogP contribution in [0.3, 0.4) is 0 Å². The number of nitrogens with zero attached hydrogens (tertiary/aromatic N) is 4. The van der Waals surface area contributed by atoms with Crippen molar-refractivity contribution in [3.05, 3.63) is 22.4 Å². The molecular formula is C12H15N5O2S. The van der Waals surface area contributed by atoms with Gasteiger partial charge in [0.25, 0.3) is 0 Å². The SMILES string of the molecule is Nc1nc(OCc2cccs2)nc(N2CCOCC2)n1. The van der Waals surface area contributed by atoms with Crippen LogP contribution in [0.25, 0.3) is 0 Å². The average molecular weight is 293 g/mol. The lowest BCUT2D eigenvalue weighted by Gasteiger charge is -2.26. The summed E-state index contributed by atoms with van der Waals surface area (Å²) in [5.74, 6) is 0.713. The predicted molar refractivity (Wildman–Crippen MR) is 75.9 cm³/mol. The van der Waals surface area contributed by atoms with Crippen molar-refractivity contribution in [1.29, 1.82) is 0 Å². The number of thiophene rings is 1. The van der Waals surface area contributed by atoms with Gasteiger partial charge in [-0.2, -0.15) is 15.0 Å². The molecule has 1 fully saturated rings. The van der Waals surface area contributed by atoms with Crippen molar-refractivity contribution in [2.24, 2.45) is 0 Å². The van der Waals surface area contributed by atoms with Gasteiger partial charge >= 0.3 is 6.01 Å². The van der Waals surface area contributed by atoms with Gasteiger partial charge in [0, 0.05) is 18.0 Å². The number of ether oxygens (including phenoxy) is 2. The lowest BCUT2D eigenvalue weighted by atomic mass is 10.4. The Kier molecular flexibility index (Phi) is 3.93. The molecule has 3 rings (SSSR count). The summed E-state index contributed by atoms with van der Waals surface area (Å²) >= 11 is 1.62. The van der Waals surface area contributed by atoms with E-state index in [0.29, 0.717) is 25.8 Å². The Balaban J connectivity index is 1.72. The molecule has 20 heavy (non-hydrogen) atoms. The van der Waals surface area contributed by atoms with Gasteiger partial charge in [0.05, 0.1) is 13.2 Å². The molecule has 0 spiro atoms. The first kappa shape index (κ1) is 13.1. The van der Waals surface area contributed by atoms with E-state index >= 15 is 0 Å². The van der Waals surface area contributed by atoms with E-state index in [1.54, 1.807) is 11.3 Å². The number of anilines is 2. The van der Waals surface area contributed by atoms with Crippen molar-refractivity contribution < 1.29 is 9.47 Å². The van der Waals surface area contributed by atoms with E-state index < -0.39 is 0 Å². The maximum Gasteiger partial charge on any atom is 0.323 e. The number of rotatable bonds is 4. The van der Waals surface area contributed by atoms with Crippen LogP contribution in [0.15, 0.2) is 17.5 Å². The molecule has 0 amide bonds. The third kappa shape index (κ3) is 3.14. The predicted octanol–water partition coefficient (Wildman–Crippen LogP) is 0.931. The number of hydrogen-bond acceptors (Lipinski definition) is 8. The summed E-state index contributed by atoms with van der Waals surface area (Å²) in [6, 6.07) is 4.23. The number of hydrogen-bond donors (Lipinski definition) is 1. The summed E-state index contributed by atoms with van der Waals surface area (Å²) < 4.78 is 10.9. The van der Waals surface area contributed by atoms with E-state index in [1.807, 2.05) is 22.4 Å². The Hall–Kier alpha value is -1.93. The van der Waals surface area contributed by atoms with Crippen molar-refractivity contribution in [2.75, 3.05) is 36.9 Å². The average Bonchev–Trinajstić information content (AvgIpc) is 2.99. The Bertz CT molecular complexity index is 557. The van der Waals surface area contributed by atoms with Crippen molar-refractivity contribution in [2.45, 2.75) is 6.61 Å². The van der Waals surface area contributed by atoms with E-state index in [1.165, 1.54) is 0 Å². The van der Waals surface area contributed by atoms with Gasteiger partial charge in [-0.25, -0.2) is 0 Å². The summed E-state index contributed by atoms with van der Waals surface area (Å²) in [4.78, 5) is 15.6. The molecule has 1 aliphatic rings. The fraction of sp³-hybridized carbons (Fsp3) is 0.417. The van der Waals surface area contributed by atoms with Crippen LogP contribution in [-0.2, 0) is 11.3 Å². The minimum atomic E-state index is 0.169. The van der Waals surface area contributed by atoms with Crippen LogP contribution in [-0.4, -0.2) is 41.3 Å². The summed E-state index contributed by atoms with van der Waals surface area (Å²) in [5.41, 5.74) is 5.72. The summed E-state index contributed by atoms with van der Waals surface area (Å²) in [5, 5.41) is 2.00. The van der Waals surface area contributed by atoms with Gasteiger partial charge in [-0.05, 0) is 11.4 Å². The largest absolute Gasteiger partial charge is 0.458 e. The van der Waals surface area contributed by atoms with Crippen molar-refractivity contribution in [3.8, 4) is 6.01 Å². The first-order chi connectivity index (χ1) is 9.81. The monoisotopic (exact) mass is 293 g/mol. The molecule has 0 unspecified atom stereocenters. The second-order valence-electron chi connectivity index (χ2n) is 4.24. The van der Waals surface area contributed by atoms with E-state index in [2.05, 4.69) is 15.0 Å². The first-order valence-electron chi connectivity index (χ1n) is 6.31.